The van der Waals surface area contributed by atoms with Crippen LogP contribution in [0, 0.1) is 12.7 Å². The van der Waals surface area contributed by atoms with Crippen LogP contribution in [0.5, 0.6) is 0 Å². The third kappa shape index (κ3) is 3.12. The minimum atomic E-state index is -0.318. The Balaban J connectivity index is 2.26. The van der Waals surface area contributed by atoms with Crippen LogP contribution in [0.2, 0.25) is 0 Å². The molecular formula is C14H13FN2OS. The van der Waals surface area contributed by atoms with E-state index < -0.39 is 0 Å². The molecule has 0 bridgehead atoms. The Morgan fingerprint density at radius 2 is 2.16 bits per heavy atom. The Bertz CT molecular complexity index is 616. The summed E-state index contributed by atoms with van der Waals surface area (Å²) in [5, 5.41) is 3.44. The zero-order chi connectivity index (χ0) is 13.8. The first-order valence-corrected chi connectivity index (χ1v) is 6.91. The first-order valence-electron chi connectivity index (χ1n) is 5.68. The van der Waals surface area contributed by atoms with Gasteiger partial charge in [0, 0.05) is 11.9 Å². The van der Waals surface area contributed by atoms with Crippen LogP contribution in [-0.2, 0) is 0 Å². The summed E-state index contributed by atoms with van der Waals surface area (Å²) in [6.07, 6.45) is 3.51. The molecule has 0 radical (unpaired) electrons. The largest absolute Gasteiger partial charge is 0.322 e. The molecule has 98 valence electrons. The fourth-order valence-electron chi connectivity index (χ4n) is 1.68. The number of aromatic nitrogens is 1. The number of anilines is 1. The predicted octanol–water partition coefficient (Wildman–Crippen LogP) is 3.50. The number of halogens is 1. The van der Waals surface area contributed by atoms with Gasteiger partial charge in [-0.25, -0.2) is 9.37 Å². The summed E-state index contributed by atoms with van der Waals surface area (Å²) in [5.41, 5.74) is 1.80. The van der Waals surface area contributed by atoms with Crippen molar-refractivity contribution in [2.45, 2.75) is 11.9 Å². The van der Waals surface area contributed by atoms with Gasteiger partial charge in [-0.3, -0.25) is 4.79 Å². The van der Waals surface area contributed by atoms with Crippen molar-refractivity contribution in [3.05, 3.63) is 53.5 Å². The van der Waals surface area contributed by atoms with Crippen molar-refractivity contribution in [1.82, 2.24) is 4.98 Å². The molecule has 1 N–H and O–H groups in total. The highest BCUT2D eigenvalue weighted by Crippen LogP contribution is 2.20. The predicted molar refractivity (Wildman–Crippen MR) is 75.1 cm³/mol. The first-order chi connectivity index (χ1) is 9.11. The molecule has 3 nitrogen and oxygen atoms in total. The smallest absolute Gasteiger partial charge is 0.258 e. The molecule has 0 aliphatic rings. The minimum absolute atomic E-state index is 0.243. The van der Waals surface area contributed by atoms with Gasteiger partial charge in [-0.1, -0.05) is 0 Å². The number of nitrogens with one attached hydrogen (secondary N) is 1. The third-order valence-corrected chi connectivity index (χ3v) is 3.36. The average Bonchev–Trinajstić information content (AvgIpc) is 2.41. The van der Waals surface area contributed by atoms with E-state index in [1.807, 2.05) is 6.26 Å². The summed E-state index contributed by atoms with van der Waals surface area (Å²) in [7, 11) is 0. The molecule has 0 atom stereocenters. The van der Waals surface area contributed by atoms with Crippen molar-refractivity contribution < 1.29 is 9.18 Å². The standard InChI is InChI=1S/C14H13FN2OS/c1-9-8-10(15)5-6-12(9)17-13(18)11-4-3-7-16-14(11)19-2/h3-8H,1-2H3,(H,17,18). The second-order valence-electron chi connectivity index (χ2n) is 3.97. The highest BCUT2D eigenvalue weighted by Gasteiger charge is 2.12. The molecule has 0 saturated heterocycles. The van der Waals surface area contributed by atoms with Gasteiger partial charge in [0.25, 0.3) is 5.91 Å². The second-order valence-corrected chi connectivity index (χ2v) is 4.77. The lowest BCUT2D eigenvalue weighted by atomic mass is 10.2. The van der Waals surface area contributed by atoms with Gasteiger partial charge < -0.3 is 5.32 Å². The van der Waals surface area contributed by atoms with E-state index in [1.54, 1.807) is 31.3 Å². The maximum absolute atomic E-state index is 13.0. The van der Waals surface area contributed by atoms with Gasteiger partial charge in [0.05, 0.1) is 5.56 Å². The van der Waals surface area contributed by atoms with Gasteiger partial charge in [0.2, 0.25) is 0 Å². The van der Waals surface area contributed by atoms with E-state index in [4.69, 9.17) is 0 Å². The summed E-state index contributed by atoms with van der Waals surface area (Å²) >= 11 is 1.41. The van der Waals surface area contributed by atoms with E-state index in [0.29, 0.717) is 21.8 Å². The summed E-state index contributed by atoms with van der Waals surface area (Å²) in [4.78, 5) is 16.3. The molecule has 0 spiro atoms. The van der Waals surface area contributed by atoms with Gasteiger partial charge in [0.1, 0.15) is 10.8 Å². The Morgan fingerprint density at radius 1 is 1.37 bits per heavy atom. The van der Waals surface area contributed by atoms with E-state index >= 15 is 0 Å². The van der Waals surface area contributed by atoms with E-state index in [9.17, 15) is 9.18 Å². The van der Waals surface area contributed by atoms with Crippen molar-refractivity contribution in [2.24, 2.45) is 0 Å². The van der Waals surface area contributed by atoms with Gasteiger partial charge >= 0.3 is 0 Å². The van der Waals surface area contributed by atoms with Crippen LogP contribution in [0.4, 0.5) is 10.1 Å². The first kappa shape index (κ1) is 13.5. The SMILES string of the molecule is CSc1ncccc1C(=O)Nc1ccc(F)cc1C. The molecule has 0 fully saturated rings. The molecule has 0 aliphatic heterocycles. The summed E-state index contributed by atoms with van der Waals surface area (Å²) < 4.78 is 13.0. The molecule has 5 heteroatoms. The van der Waals surface area contributed by atoms with Crippen molar-refractivity contribution in [1.29, 1.82) is 0 Å². The van der Waals surface area contributed by atoms with Gasteiger partial charge in [0.15, 0.2) is 0 Å². The summed E-state index contributed by atoms with van der Waals surface area (Å²) in [5.74, 6) is -0.561. The van der Waals surface area contributed by atoms with Crippen LogP contribution in [0.25, 0.3) is 0 Å². The molecular weight excluding hydrogens is 263 g/mol. The maximum Gasteiger partial charge on any atom is 0.258 e. The molecule has 2 rings (SSSR count). The van der Waals surface area contributed by atoms with E-state index in [0.717, 1.165) is 0 Å². The zero-order valence-electron chi connectivity index (χ0n) is 10.6. The minimum Gasteiger partial charge on any atom is -0.322 e. The molecule has 19 heavy (non-hydrogen) atoms. The van der Waals surface area contributed by atoms with Crippen LogP contribution in [-0.4, -0.2) is 17.1 Å². The number of carbonyl (C=O) groups excluding carboxylic acids is 1. The Morgan fingerprint density at radius 3 is 2.84 bits per heavy atom. The van der Waals surface area contributed by atoms with E-state index in [-0.39, 0.29) is 11.7 Å². The number of pyridine rings is 1. The van der Waals surface area contributed by atoms with Crippen molar-refractivity contribution in [3.8, 4) is 0 Å². The van der Waals surface area contributed by atoms with Crippen molar-refractivity contribution in [2.75, 3.05) is 11.6 Å². The van der Waals surface area contributed by atoms with Crippen LogP contribution >= 0.6 is 11.8 Å². The lowest BCUT2D eigenvalue weighted by molar-refractivity contribution is 0.102. The highest BCUT2D eigenvalue weighted by atomic mass is 32.2. The average molecular weight is 276 g/mol. The Labute approximate surface area is 115 Å². The fourth-order valence-corrected chi connectivity index (χ4v) is 2.23. The lowest BCUT2D eigenvalue weighted by Gasteiger charge is -2.10. The zero-order valence-corrected chi connectivity index (χ0v) is 11.4. The van der Waals surface area contributed by atoms with Gasteiger partial charge in [-0.05, 0) is 49.1 Å². The third-order valence-electron chi connectivity index (χ3n) is 2.65. The highest BCUT2D eigenvalue weighted by molar-refractivity contribution is 7.98. The van der Waals surface area contributed by atoms with Crippen LogP contribution in [0.3, 0.4) is 0 Å². The summed E-state index contributed by atoms with van der Waals surface area (Å²) in [6.45, 7) is 1.75. The van der Waals surface area contributed by atoms with Crippen LogP contribution < -0.4 is 5.32 Å². The summed E-state index contributed by atoms with van der Waals surface area (Å²) in [6, 6.07) is 7.69. The monoisotopic (exact) mass is 276 g/mol. The van der Waals surface area contributed by atoms with Crippen molar-refractivity contribution >= 4 is 23.4 Å². The van der Waals surface area contributed by atoms with E-state index in [1.165, 1.54) is 23.9 Å². The number of hydrogen-bond donors (Lipinski definition) is 1. The normalized spacial score (nSPS) is 10.3. The quantitative estimate of drug-likeness (QED) is 0.872. The number of amides is 1. The number of thioether (sulfide) groups is 1. The second kappa shape index (κ2) is 5.84. The molecule has 1 heterocycles. The van der Waals surface area contributed by atoms with Gasteiger partial charge in [-0.2, -0.15) is 0 Å². The maximum atomic E-state index is 13.0. The van der Waals surface area contributed by atoms with Gasteiger partial charge in [-0.15, -0.1) is 11.8 Å². The molecule has 0 aliphatic carbocycles. The number of nitrogens with zero attached hydrogens (tertiary/aromatic N) is 1. The Hall–Kier alpha value is -1.88. The van der Waals surface area contributed by atoms with Crippen molar-refractivity contribution in [3.63, 3.8) is 0 Å². The Kier molecular flexibility index (Phi) is 4.16. The van der Waals surface area contributed by atoms with E-state index in [2.05, 4.69) is 10.3 Å². The number of hydrogen-bond acceptors (Lipinski definition) is 3. The van der Waals surface area contributed by atoms with Crippen LogP contribution in [0.15, 0.2) is 41.6 Å². The number of rotatable bonds is 3. The number of benzene rings is 1. The topological polar surface area (TPSA) is 42.0 Å². The number of carbonyl (C=O) groups is 1. The molecule has 1 aromatic heterocycles. The molecule has 0 saturated carbocycles. The molecule has 2 aromatic rings. The number of aryl methyl sites for hydroxylation is 1. The fraction of sp³-hybridized carbons (Fsp3) is 0.143. The molecule has 1 aromatic carbocycles. The lowest BCUT2D eigenvalue weighted by Crippen LogP contribution is -2.14. The molecule has 0 unspecified atom stereocenters. The van der Waals surface area contributed by atoms with Crippen LogP contribution in [0.1, 0.15) is 15.9 Å². The molecule has 1 amide bonds.